The number of pyridine rings is 1. The normalized spacial score (nSPS) is 13.0. The Labute approximate surface area is 132 Å². The van der Waals surface area contributed by atoms with E-state index in [0.717, 1.165) is 16.5 Å². The first kappa shape index (κ1) is 17.8. The Bertz CT molecular complexity index is 674. The number of benzene rings is 1. The molecule has 5 heteroatoms. The third-order valence-corrected chi connectivity index (χ3v) is 3.39. The number of β-amino-alcohol motifs (C(OH)–C–C–N with tert-alkyl or cyclic N) is 1. The zero-order valence-corrected chi connectivity index (χ0v) is 14.0. The van der Waals surface area contributed by atoms with E-state index in [2.05, 4.69) is 26.1 Å². The van der Waals surface area contributed by atoms with Crippen LogP contribution in [0.5, 0.6) is 0 Å². The van der Waals surface area contributed by atoms with Crippen LogP contribution in [0.1, 0.15) is 32.4 Å². The van der Waals surface area contributed by atoms with Gasteiger partial charge in [0, 0.05) is 30.6 Å². The fourth-order valence-corrected chi connectivity index (χ4v) is 2.23. The van der Waals surface area contributed by atoms with Crippen LogP contribution in [-0.2, 0) is 7.05 Å². The molecule has 0 fully saturated rings. The van der Waals surface area contributed by atoms with Gasteiger partial charge in [-0.3, -0.25) is 4.79 Å². The van der Waals surface area contributed by atoms with Gasteiger partial charge in [-0.25, -0.2) is 0 Å². The molecule has 0 spiro atoms. The highest BCUT2D eigenvalue weighted by Gasteiger charge is 2.16. The standard InChI is InChI=1S/C16H22N2O2.H2S/c1-16(2,3)17-10-14(19)12-6-5-7-13-11(12)8-9-15(20)18(13)4;/h5-9,14,17,19H,10H2,1-4H3;1H2/t14-;/m1./s1. The van der Waals surface area contributed by atoms with Crippen molar-refractivity contribution in [2.45, 2.75) is 32.4 Å². The lowest BCUT2D eigenvalue weighted by Crippen LogP contribution is -2.38. The van der Waals surface area contributed by atoms with E-state index in [1.807, 2.05) is 18.2 Å². The summed E-state index contributed by atoms with van der Waals surface area (Å²) in [6.07, 6.45) is -0.601. The van der Waals surface area contributed by atoms with Gasteiger partial charge in [-0.15, -0.1) is 0 Å². The minimum absolute atomic E-state index is 0. The number of aliphatic hydroxyl groups excluding tert-OH is 1. The van der Waals surface area contributed by atoms with E-state index < -0.39 is 6.10 Å². The van der Waals surface area contributed by atoms with Gasteiger partial charge in [-0.1, -0.05) is 12.1 Å². The second-order valence-corrected chi connectivity index (χ2v) is 6.16. The largest absolute Gasteiger partial charge is 0.387 e. The number of rotatable bonds is 3. The average Bonchev–Trinajstić information content (AvgIpc) is 2.39. The fraction of sp³-hybridized carbons (Fsp3) is 0.438. The molecule has 0 aliphatic rings. The lowest BCUT2D eigenvalue weighted by molar-refractivity contribution is 0.164. The van der Waals surface area contributed by atoms with Crippen LogP contribution in [0.15, 0.2) is 35.1 Å². The molecule has 1 aromatic heterocycles. The summed E-state index contributed by atoms with van der Waals surface area (Å²) in [7, 11) is 1.74. The van der Waals surface area contributed by atoms with Crippen molar-refractivity contribution in [1.82, 2.24) is 9.88 Å². The van der Waals surface area contributed by atoms with Crippen molar-refractivity contribution < 1.29 is 5.11 Å². The summed E-state index contributed by atoms with van der Waals surface area (Å²) in [4.78, 5) is 11.7. The summed E-state index contributed by atoms with van der Waals surface area (Å²) in [6, 6.07) is 8.99. The van der Waals surface area contributed by atoms with Crippen LogP contribution < -0.4 is 10.9 Å². The van der Waals surface area contributed by atoms with E-state index >= 15 is 0 Å². The second kappa shape index (κ2) is 6.64. The van der Waals surface area contributed by atoms with Gasteiger partial charge in [0.1, 0.15) is 0 Å². The van der Waals surface area contributed by atoms with Crippen molar-refractivity contribution in [2.75, 3.05) is 6.54 Å². The molecule has 1 aromatic carbocycles. The molecule has 2 N–H and O–H groups in total. The van der Waals surface area contributed by atoms with Crippen LogP contribution >= 0.6 is 13.5 Å². The highest BCUT2D eigenvalue weighted by atomic mass is 32.1. The van der Waals surface area contributed by atoms with Crippen molar-refractivity contribution in [3.63, 3.8) is 0 Å². The van der Waals surface area contributed by atoms with Gasteiger partial charge < -0.3 is 15.0 Å². The molecular weight excluding hydrogens is 284 g/mol. The molecule has 0 amide bonds. The summed E-state index contributed by atoms with van der Waals surface area (Å²) >= 11 is 0. The first-order valence-corrected chi connectivity index (χ1v) is 6.81. The van der Waals surface area contributed by atoms with Gasteiger partial charge in [0.2, 0.25) is 0 Å². The van der Waals surface area contributed by atoms with Crippen molar-refractivity contribution in [1.29, 1.82) is 0 Å². The topological polar surface area (TPSA) is 54.3 Å². The smallest absolute Gasteiger partial charge is 0.250 e. The average molecular weight is 308 g/mol. The van der Waals surface area contributed by atoms with E-state index in [4.69, 9.17) is 0 Å². The number of hydrogen-bond acceptors (Lipinski definition) is 3. The molecule has 1 atom stereocenters. The predicted molar refractivity (Wildman–Crippen MR) is 92.3 cm³/mol. The number of aliphatic hydroxyl groups is 1. The lowest BCUT2D eigenvalue weighted by Gasteiger charge is -2.23. The third kappa shape index (κ3) is 4.09. The second-order valence-electron chi connectivity index (χ2n) is 6.16. The Morgan fingerprint density at radius 1 is 1.24 bits per heavy atom. The molecular formula is C16H24N2O2S. The van der Waals surface area contributed by atoms with Gasteiger partial charge >= 0.3 is 0 Å². The number of nitrogens with zero attached hydrogens (tertiary/aromatic N) is 1. The number of aromatic nitrogens is 1. The highest BCUT2D eigenvalue weighted by molar-refractivity contribution is 7.59. The van der Waals surface area contributed by atoms with Crippen LogP contribution in [0.25, 0.3) is 10.9 Å². The summed E-state index contributed by atoms with van der Waals surface area (Å²) in [5.41, 5.74) is 1.59. The first-order valence-electron chi connectivity index (χ1n) is 6.81. The Balaban J connectivity index is 0.00000220. The van der Waals surface area contributed by atoms with Crippen LogP contribution in [0.2, 0.25) is 0 Å². The summed E-state index contributed by atoms with van der Waals surface area (Å²) in [6.45, 7) is 6.66. The van der Waals surface area contributed by atoms with Crippen LogP contribution in [0.4, 0.5) is 0 Å². The van der Waals surface area contributed by atoms with E-state index in [0.29, 0.717) is 6.54 Å². The van der Waals surface area contributed by atoms with Gasteiger partial charge in [-0.2, -0.15) is 13.5 Å². The number of fused-ring (bicyclic) bond motifs is 1. The first-order chi connectivity index (χ1) is 9.29. The van der Waals surface area contributed by atoms with Crippen LogP contribution in [0, 0.1) is 0 Å². The number of nitrogens with one attached hydrogen (secondary N) is 1. The van der Waals surface area contributed by atoms with E-state index in [9.17, 15) is 9.90 Å². The van der Waals surface area contributed by atoms with Gasteiger partial charge in [0.25, 0.3) is 5.56 Å². The highest BCUT2D eigenvalue weighted by Crippen LogP contribution is 2.23. The minimum atomic E-state index is -0.601. The van der Waals surface area contributed by atoms with Crippen molar-refractivity contribution in [3.8, 4) is 0 Å². The Kier molecular flexibility index (Phi) is 5.61. The lowest BCUT2D eigenvalue weighted by atomic mass is 10.0. The Morgan fingerprint density at radius 3 is 2.52 bits per heavy atom. The molecule has 0 aliphatic heterocycles. The van der Waals surface area contributed by atoms with E-state index in [1.165, 1.54) is 6.07 Å². The summed E-state index contributed by atoms with van der Waals surface area (Å²) < 4.78 is 1.60. The number of hydrogen-bond donors (Lipinski definition) is 2. The van der Waals surface area contributed by atoms with Crippen LogP contribution in [-0.4, -0.2) is 21.8 Å². The Hall–Kier alpha value is -1.30. The zero-order chi connectivity index (χ0) is 14.9. The maximum Gasteiger partial charge on any atom is 0.250 e. The molecule has 21 heavy (non-hydrogen) atoms. The van der Waals surface area contributed by atoms with Crippen molar-refractivity contribution in [3.05, 3.63) is 46.2 Å². The molecule has 116 valence electrons. The third-order valence-electron chi connectivity index (χ3n) is 3.39. The number of aryl methyl sites for hydroxylation is 1. The van der Waals surface area contributed by atoms with E-state index in [1.54, 1.807) is 17.7 Å². The van der Waals surface area contributed by atoms with Gasteiger partial charge in [0.15, 0.2) is 0 Å². The summed E-state index contributed by atoms with van der Waals surface area (Å²) in [5.74, 6) is 0. The molecule has 2 rings (SSSR count). The summed E-state index contributed by atoms with van der Waals surface area (Å²) in [5, 5.41) is 14.6. The van der Waals surface area contributed by atoms with Crippen molar-refractivity contribution in [2.24, 2.45) is 7.05 Å². The molecule has 0 unspecified atom stereocenters. The molecule has 2 aromatic rings. The molecule has 0 aliphatic carbocycles. The Morgan fingerprint density at radius 2 is 1.90 bits per heavy atom. The zero-order valence-electron chi connectivity index (χ0n) is 13.0. The quantitative estimate of drug-likeness (QED) is 0.913. The SMILES string of the molecule is Cn1c(=O)ccc2c([C@H](O)CNC(C)(C)C)cccc21.S. The van der Waals surface area contributed by atoms with Crippen molar-refractivity contribution >= 4 is 24.4 Å². The maximum absolute atomic E-state index is 11.7. The van der Waals surface area contributed by atoms with Crippen LogP contribution in [0.3, 0.4) is 0 Å². The minimum Gasteiger partial charge on any atom is -0.387 e. The molecule has 0 bridgehead atoms. The fourth-order valence-electron chi connectivity index (χ4n) is 2.23. The van der Waals surface area contributed by atoms with Gasteiger partial charge in [0.05, 0.1) is 11.6 Å². The monoisotopic (exact) mass is 308 g/mol. The van der Waals surface area contributed by atoms with Gasteiger partial charge in [-0.05, 0) is 38.5 Å². The molecule has 0 saturated carbocycles. The molecule has 4 nitrogen and oxygen atoms in total. The molecule has 0 saturated heterocycles. The molecule has 1 heterocycles. The molecule has 0 radical (unpaired) electrons. The van der Waals surface area contributed by atoms with E-state index in [-0.39, 0.29) is 24.6 Å². The maximum atomic E-state index is 11.7. The predicted octanol–water partition coefficient (Wildman–Crippen LogP) is 2.07.